The standard InChI is InChI=1S/C17H14N2/c1-13-9-16(11-18-10-13)15-7-8-17(19-12-15)14-5-3-2-4-6-14/h2-9,11-12H,1,10H2. The van der Waals surface area contributed by atoms with Crippen LogP contribution in [0.4, 0.5) is 0 Å². The van der Waals surface area contributed by atoms with Gasteiger partial charge in [0.05, 0.1) is 12.2 Å². The van der Waals surface area contributed by atoms with Gasteiger partial charge in [-0.15, -0.1) is 0 Å². The number of aromatic nitrogens is 1. The van der Waals surface area contributed by atoms with Crippen molar-refractivity contribution in [2.24, 2.45) is 4.99 Å². The summed E-state index contributed by atoms with van der Waals surface area (Å²) in [5, 5.41) is 0. The van der Waals surface area contributed by atoms with Crippen LogP contribution in [0, 0.1) is 0 Å². The van der Waals surface area contributed by atoms with E-state index in [2.05, 4.69) is 40.8 Å². The lowest BCUT2D eigenvalue weighted by Crippen LogP contribution is -1.97. The summed E-state index contributed by atoms with van der Waals surface area (Å²) >= 11 is 0. The van der Waals surface area contributed by atoms with Crippen LogP contribution in [0.15, 0.2) is 71.9 Å². The highest BCUT2D eigenvalue weighted by atomic mass is 14.7. The minimum absolute atomic E-state index is 0.693. The molecule has 1 aliphatic rings. The van der Waals surface area contributed by atoms with Crippen molar-refractivity contribution in [1.29, 1.82) is 0 Å². The summed E-state index contributed by atoms with van der Waals surface area (Å²) in [4.78, 5) is 8.79. The topological polar surface area (TPSA) is 25.2 Å². The molecule has 0 radical (unpaired) electrons. The maximum absolute atomic E-state index is 4.52. The summed E-state index contributed by atoms with van der Waals surface area (Å²) < 4.78 is 0. The molecule has 0 fully saturated rings. The van der Waals surface area contributed by atoms with Crippen LogP contribution < -0.4 is 0 Å². The van der Waals surface area contributed by atoms with Gasteiger partial charge in [0, 0.05) is 29.1 Å². The number of aliphatic imine (C=N–C) groups is 1. The molecule has 0 spiro atoms. The highest BCUT2D eigenvalue weighted by molar-refractivity contribution is 6.11. The molecule has 0 bridgehead atoms. The van der Waals surface area contributed by atoms with Crippen molar-refractivity contribution in [3.63, 3.8) is 0 Å². The molecule has 0 amide bonds. The molecule has 0 saturated carbocycles. The number of nitrogens with zero attached hydrogens (tertiary/aromatic N) is 2. The second kappa shape index (κ2) is 5.02. The molecule has 1 aromatic carbocycles. The first kappa shape index (κ1) is 11.6. The van der Waals surface area contributed by atoms with Gasteiger partial charge < -0.3 is 0 Å². The van der Waals surface area contributed by atoms with Crippen molar-refractivity contribution >= 4 is 11.8 Å². The molecule has 2 nitrogen and oxygen atoms in total. The predicted molar refractivity (Wildman–Crippen MR) is 80.1 cm³/mol. The maximum atomic E-state index is 4.52. The van der Waals surface area contributed by atoms with E-state index in [1.807, 2.05) is 36.7 Å². The highest BCUT2D eigenvalue weighted by Crippen LogP contribution is 2.21. The fourth-order valence-electron chi connectivity index (χ4n) is 2.07. The van der Waals surface area contributed by atoms with Gasteiger partial charge in [0.1, 0.15) is 0 Å². The molecule has 2 heteroatoms. The van der Waals surface area contributed by atoms with Gasteiger partial charge in [0.2, 0.25) is 0 Å². The van der Waals surface area contributed by atoms with Crippen molar-refractivity contribution in [3.8, 4) is 11.3 Å². The van der Waals surface area contributed by atoms with Gasteiger partial charge >= 0.3 is 0 Å². The summed E-state index contributed by atoms with van der Waals surface area (Å²) in [6.45, 7) is 4.64. The summed E-state index contributed by atoms with van der Waals surface area (Å²) in [5.41, 5.74) is 5.29. The maximum Gasteiger partial charge on any atom is 0.0702 e. The molecule has 0 aliphatic carbocycles. The first-order valence-electron chi connectivity index (χ1n) is 6.24. The second-order valence-corrected chi connectivity index (χ2v) is 4.53. The number of rotatable bonds is 2. The third-order valence-electron chi connectivity index (χ3n) is 3.05. The highest BCUT2D eigenvalue weighted by Gasteiger charge is 2.05. The third kappa shape index (κ3) is 2.52. The number of hydrogen-bond donors (Lipinski definition) is 0. The van der Waals surface area contributed by atoms with E-state index in [9.17, 15) is 0 Å². The molecule has 2 aromatic rings. The Labute approximate surface area is 112 Å². The monoisotopic (exact) mass is 246 g/mol. The summed E-state index contributed by atoms with van der Waals surface area (Å²) in [7, 11) is 0. The van der Waals surface area contributed by atoms with Gasteiger partial charge in [-0.1, -0.05) is 43.0 Å². The van der Waals surface area contributed by atoms with E-state index in [0.29, 0.717) is 6.54 Å². The predicted octanol–water partition coefficient (Wildman–Crippen LogP) is 3.77. The second-order valence-electron chi connectivity index (χ2n) is 4.53. The van der Waals surface area contributed by atoms with Crippen LogP contribution in [0.3, 0.4) is 0 Å². The largest absolute Gasteiger partial charge is 0.288 e. The molecular weight excluding hydrogens is 232 g/mol. The van der Waals surface area contributed by atoms with E-state index < -0.39 is 0 Å². The van der Waals surface area contributed by atoms with Gasteiger partial charge in [0.25, 0.3) is 0 Å². The van der Waals surface area contributed by atoms with Gasteiger partial charge in [0.15, 0.2) is 0 Å². The van der Waals surface area contributed by atoms with Gasteiger partial charge in [-0.05, 0) is 17.7 Å². The number of benzene rings is 1. The number of pyridine rings is 1. The Morgan fingerprint density at radius 3 is 2.47 bits per heavy atom. The Morgan fingerprint density at radius 2 is 1.79 bits per heavy atom. The smallest absolute Gasteiger partial charge is 0.0702 e. The summed E-state index contributed by atoms with van der Waals surface area (Å²) in [5.74, 6) is 0. The Morgan fingerprint density at radius 1 is 0.947 bits per heavy atom. The molecular formula is C17H14N2. The van der Waals surface area contributed by atoms with Crippen molar-refractivity contribution in [2.75, 3.05) is 6.54 Å². The van der Waals surface area contributed by atoms with Crippen molar-refractivity contribution in [3.05, 3.63) is 72.5 Å². The average molecular weight is 246 g/mol. The molecule has 1 aliphatic heterocycles. The van der Waals surface area contributed by atoms with Crippen LogP contribution in [0.2, 0.25) is 0 Å². The van der Waals surface area contributed by atoms with E-state index >= 15 is 0 Å². The number of allylic oxidation sites excluding steroid dienone is 1. The van der Waals surface area contributed by atoms with Crippen LogP contribution in [0.25, 0.3) is 16.8 Å². The molecule has 0 unspecified atom stereocenters. The molecule has 0 saturated heterocycles. The quantitative estimate of drug-likeness (QED) is 0.791. The number of dihydropyridines is 1. The summed E-state index contributed by atoms with van der Waals surface area (Å²) in [6.07, 6.45) is 5.83. The lowest BCUT2D eigenvalue weighted by Gasteiger charge is -2.08. The molecule has 92 valence electrons. The fourth-order valence-corrected chi connectivity index (χ4v) is 2.07. The Kier molecular flexibility index (Phi) is 3.07. The zero-order chi connectivity index (χ0) is 13.1. The Balaban J connectivity index is 1.92. The van der Waals surface area contributed by atoms with Crippen molar-refractivity contribution in [1.82, 2.24) is 4.98 Å². The lowest BCUT2D eigenvalue weighted by atomic mass is 10.0. The zero-order valence-electron chi connectivity index (χ0n) is 10.6. The molecule has 0 N–H and O–H groups in total. The van der Waals surface area contributed by atoms with Crippen LogP contribution in [-0.4, -0.2) is 17.7 Å². The fraction of sp³-hybridized carbons (Fsp3) is 0.0588. The summed E-state index contributed by atoms with van der Waals surface area (Å²) in [6, 6.07) is 14.3. The van der Waals surface area contributed by atoms with Gasteiger partial charge in [-0.3, -0.25) is 9.98 Å². The first-order valence-corrected chi connectivity index (χ1v) is 6.24. The molecule has 2 heterocycles. The normalized spacial score (nSPS) is 14.3. The molecule has 19 heavy (non-hydrogen) atoms. The third-order valence-corrected chi connectivity index (χ3v) is 3.05. The van der Waals surface area contributed by atoms with Crippen molar-refractivity contribution < 1.29 is 0 Å². The lowest BCUT2D eigenvalue weighted by molar-refractivity contribution is 1.19. The Bertz CT molecular complexity index is 649. The number of hydrogen-bond acceptors (Lipinski definition) is 2. The van der Waals surface area contributed by atoms with Crippen molar-refractivity contribution in [2.45, 2.75) is 0 Å². The van der Waals surface area contributed by atoms with Crippen LogP contribution >= 0.6 is 0 Å². The molecule has 0 atom stereocenters. The van der Waals surface area contributed by atoms with E-state index in [0.717, 1.165) is 28.0 Å². The van der Waals surface area contributed by atoms with E-state index in [4.69, 9.17) is 0 Å². The minimum atomic E-state index is 0.693. The SMILES string of the molecule is C=C1C=C(c2ccc(-c3ccccc3)nc2)C=NC1. The van der Waals surface area contributed by atoms with E-state index in [1.165, 1.54) is 0 Å². The zero-order valence-corrected chi connectivity index (χ0v) is 10.6. The average Bonchev–Trinajstić information content (AvgIpc) is 2.48. The van der Waals surface area contributed by atoms with Crippen LogP contribution in [-0.2, 0) is 0 Å². The first-order chi connectivity index (χ1) is 9.33. The van der Waals surface area contributed by atoms with Gasteiger partial charge in [-0.2, -0.15) is 0 Å². The molecule has 3 rings (SSSR count). The molecule has 1 aromatic heterocycles. The van der Waals surface area contributed by atoms with Gasteiger partial charge in [-0.25, -0.2) is 0 Å². The van der Waals surface area contributed by atoms with E-state index in [-0.39, 0.29) is 0 Å². The Hall–Kier alpha value is -2.48. The minimum Gasteiger partial charge on any atom is -0.288 e. The van der Waals surface area contributed by atoms with E-state index in [1.54, 1.807) is 0 Å². The van der Waals surface area contributed by atoms with Crippen LogP contribution in [0.5, 0.6) is 0 Å². The van der Waals surface area contributed by atoms with Crippen LogP contribution in [0.1, 0.15) is 5.56 Å².